The van der Waals surface area contributed by atoms with Gasteiger partial charge in [-0.3, -0.25) is 4.79 Å². The zero-order valence-electron chi connectivity index (χ0n) is 11.0. The van der Waals surface area contributed by atoms with E-state index in [4.69, 9.17) is 10.7 Å². The first-order valence-electron chi connectivity index (χ1n) is 5.71. The largest absolute Gasteiger partial charge is 0.352 e. The lowest BCUT2D eigenvalue weighted by Gasteiger charge is -2.06. The molecule has 6 nitrogen and oxygen atoms in total. The summed E-state index contributed by atoms with van der Waals surface area (Å²) in [7, 11) is -2.14. The molecule has 1 aromatic rings. The van der Waals surface area contributed by atoms with E-state index in [1.807, 2.05) is 0 Å². The van der Waals surface area contributed by atoms with Crippen molar-refractivity contribution >= 4 is 35.5 Å². The molecular formula is C11H13ClFNO5S2. The third-order valence-corrected chi connectivity index (χ3v) is 4.83. The number of halogens is 2. The molecule has 0 heterocycles. The average Bonchev–Trinajstić information content (AvgIpc) is 2.32. The van der Waals surface area contributed by atoms with Crippen LogP contribution in [0, 0.1) is 5.82 Å². The van der Waals surface area contributed by atoms with Crippen molar-refractivity contribution in [1.82, 2.24) is 5.32 Å². The number of benzene rings is 1. The van der Waals surface area contributed by atoms with Crippen molar-refractivity contribution in [2.75, 3.05) is 18.6 Å². The van der Waals surface area contributed by atoms with Crippen molar-refractivity contribution in [3.8, 4) is 0 Å². The maximum Gasteiger partial charge on any atom is 0.261 e. The lowest BCUT2D eigenvalue weighted by Crippen LogP contribution is -2.26. The van der Waals surface area contributed by atoms with E-state index in [0.29, 0.717) is 6.07 Å². The molecule has 0 aliphatic heterocycles. The summed E-state index contributed by atoms with van der Waals surface area (Å²) in [6.45, 7) is 0.0564. The summed E-state index contributed by atoms with van der Waals surface area (Å²) >= 11 is 0. The zero-order chi connectivity index (χ0) is 16.3. The molecule has 0 saturated heterocycles. The van der Waals surface area contributed by atoms with Gasteiger partial charge in [0.05, 0.1) is 16.2 Å². The molecule has 21 heavy (non-hydrogen) atoms. The molecule has 0 saturated carbocycles. The highest BCUT2D eigenvalue weighted by atomic mass is 35.7. The van der Waals surface area contributed by atoms with Gasteiger partial charge in [-0.1, -0.05) is 0 Å². The number of nitrogens with one attached hydrogen (secondary N) is 1. The van der Waals surface area contributed by atoms with E-state index in [0.717, 1.165) is 18.4 Å². The van der Waals surface area contributed by atoms with Crippen LogP contribution in [-0.2, 0) is 18.9 Å². The Kier molecular flexibility index (Phi) is 5.71. The maximum absolute atomic E-state index is 13.6. The number of amides is 1. The zero-order valence-corrected chi connectivity index (χ0v) is 13.4. The molecule has 1 aromatic carbocycles. The van der Waals surface area contributed by atoms with Gasteiger partial charge in [-0.25, -0.2) is 21.2 Å². The lowest BCUT2D eigenvalue weighted by atomic mass is 10.2. The second-order valence-electron chi connectivity index (χ2n) is 4.32. The second-order valence-corrected chi connectivity index (χ2v) is 9.14. The molecule has 0 radical (unpaired) electrons. The first-order chi connectivity index (χ1) is 9.50. The summed E-state index contributed by atoms with van der Waals surface area (Å²) in [5.41, 5.74) is -0.349. The summed E-state index contributed by atoms with van der Waals surface area (Å²) in [6.07, 6.45) is 1.26. The standard InChI is InChI=1S/C11H13ClFNO5S2/c1-20(16,17)6-2-5-14-11(15)9-4-3-8(7-10(9)13)21(12,18)19/h3-4,7H,2,5-6H2,1H3,(H,14,15). The minimum absolute atomic E-state index is 0.0564. The van der Waals surface area contributed by atoms with Crippen molar-refractivity contribution in [1.29, 1.82) is 0 Å². The number of hydrogen-bond donors (Lipinski definition) is 1. The van der Waals surface area contributed by atoms with Gasteiger partial charge in [0, 0.05) is 23.5 Å². The van der Waals surface area contributed by atoms with Gasteiger partial charge in [0.15, 0.2) is 0 Å². The van der Waals surface area contributed by atoms with Gasteiger partial charge in [0.2, 0.25) is 0 Å². The van der Waals surface area contributed by atoms with Crippen molar-refractivity contribution in [3.63, 3.8) is 0 Å². The first kappa shape index (κ1) is 17.9. The Balaban J connectivity index is 2.72. The topological polar surface area (TPSA) is 97.4 Å². The van der Waals surface area contributed by atoms with Crippen molar-refractivity contribution in [2.45, 2.75) is 11.3 Å². The van der Waals surface area contributed by atoms with Crippen LogP contribution in [0.25, 0.3) is 0 Å². The fraction of sp³-hybridized carbons (Fsp3) is 0.364. The molecule has 0 bridgehead atoms. The normalized spacial score (nSPS) is 12.1. The molecule has 1 amide bonds. The molecule has 0 fully saturated rings. The number of carbonyl (C=O) groups excluding carboxylic acids is 1. The Morgan fingerprint density at radius 3 is 2.38 bits per heavy atom. The molecule has 1 rings (SSSR count). The highest BCUT2D eigenvalue weighted by molar-refractivity contribution is 8.13. The van der Waals surface area contributed by atoms with E-state index in [1.54, 1.807) is 0 Å². The molecule has 0 aromatic heterocycles. The molecule has 0 unspecified atom stereocenters. The molecule has 10 heteroatoms. The quantitative estimate of drug-likeness (QED) is 0.603. The maximum atomic E-state index is 13.6. The number of hydrogen-bond acceptors (Lipinski definition) is 5. The Bertz CT molecular complexity index is 746. The monoisotopic (exact) mass is 357 g/mol. The van der Waals surface area contributed by atoms with E-state index in [1.165, 1.54) is 0 Å². The second kappa shape index (κ2) is 6.71. The number of rotatable bonds is 6. The SMILES string of the molecule is CS(=O)(=O)CCCNC(=O)c1ccc(S(=O)(=O)Cl)cc1F. The fourth-order valence-electron chi connectivity index (χ4n) is 1.46. The van der Waals surface area contributed by atoms with Crippen LogP contribution in [0.3, 0.4) is 0 Å². The van der Waals surface area contributed by atoms with Crippen LogP contribution in [-0.4, -0.2) is 41.3 Å². The van der Waals surface area contributed by atoms with Gasteiger partial charge in [0.25, 0.3) is 15.0 Å². The smallest absolute Gasteiger partial charge is 0.261 e. The Labute approximate surface area is 126 Å². The Hall–Kier alpha value is -1.19. The summed E-state index contributed by atoms with van der Waals surface area (Å²) < 4.78 is 57.5. The summed E-state index contributed by atoms with van der Waals surface area (Å²) in [6, 6.07) is 2.65. The first-order valence-corrected chi connectivity index (χ1v) is 10.1. The van der Waals surface area contributed by atoms with Crippen LogP contribution < -0.4 is 5.32 Å². The van der Waals surface area contributed by atoms with E-state index in [9.17, 15) is 26.0 Å². The third kappa shape index (κ3) is 5.98. The predicted molar refractivity (Wildman–Crippen MR) is 76.1 cm³/mol. The molecule has 1 N–H and O–H groups in total. The molecular weight excluding hydrogens is 345 g/mol. The third-order valence-electron chi connectivity index (χ3n) is 2.44. The van der Waals surface area contributed by atoms with Gasteiger partial charge in [-0.05, 0) is 24.6 Å². The van der Waals surface area contributed by atoms with Gasteiger partial charge in [-0.2, -0.15) is 0 Å². The van der Waals surface area contributed by atoms with E-state index < -0.39 is 35.5 Å². The summed E-state index contributed by atoms with van der Waals surface area (Å²) in [5.74, 6) is -1.89. The molecule has 0 spiro atoms. The van der Waals surface area contributed by atoms with Crippen LogP contribution in [0.5, 0.6) is 0 Å². The molecule has 118 valence electrons. The fourth-order valence-corrected chi connectivity index (χ4v) is 2.89. The van der Waals surface area contributed by atoms with Crippen molar-refractivity contribution in [3.05, 3.63) is 29.6 Å². The van der Waals surface area contributed by atoms with E-state index >= 15 is 0 Å². The van der Waals surface area contributed by atoms with Crippen LogP contribution >= 0.6 is 10.7 Å². The lowest BCUT2D eigenvalue weighted by molar-refractivity contribution is 0.0949. The molecule has 0 atom stereocenters. The highest BCUT2D eigenvalue weighted by Crippen LogP contribution is 2.18. The van der Waals surface area contributed by atoms with Crippen LogP contribution in [0.15, 0.2) is 23.1 Å². The Morgan fingerprint density at radius 1 is 1.29 bits per heavy atom. The summed E-state index contributed by atoms with van der Waals surface area (Å²) in [4.78, 5) is 11.2. The minimum Gasteiger partial charge on any atom is -0.352 e. The van der Waals surface area contributed by atoms with Crippen LogP contribution in [0.4, 0.5) is 4.39 Å². The van der Waals surface area contributed by atoms with E-state index in [-0.39, 0.29) is 24.3 Å². The van der Waals surface area contributed by atoms with Crippen LogP contribution in [0.1, 0.15) is 16.8 Å². The van der Waals surface area contributed by atoms with Gasteiger partial charge in [-0.15, -0.1) is 0 Å². The highest BCUT2D eigenvalue weighted by Gasteiger charge is 2.16. The van der Waals surface area contributed by atoms with E-state index in [2.05, 4.69) is 5.32 Å². The van der Waals surface area contributed by atoms with Crippen molar-refractivity contribution < 1.29 is 26.0 Å². The van der Waals surface area contributed by atoms with Crippen molar-refractivity contribution in [2.24, 2.45) is 0 Å². The Morgan fingerprint density at radius 2 is 1.90 bits per heavy atom. The predicted octanol–water partition coefficient (Wildman–Crippen LogP) is 0.918. The van der Waals surface area contributed by atoms with Gasteiger partial charge in [0.1, 0.15) is 15.7 Å². The number of carbonyl (C=O) groups is 1. The van der Waals surface area contributed by atoms with Gasteiger partial charge >= 0.3 is 0 Å². The number of sulfone groups is 1. The molecule has 0 aliphatic carbocycles. The van der Waals surface area contributed by atoms with Crippen LogP contribution in [0.2, 0.25) is 0 Å². The molecule has 0 aliphatic rings. The van der Waals surface area contributed by atoms with Gasteiger partial charge < -0.3 is 5.32 Å². The minimum atomic E-state index is -4.07. The summed E-state index contributed by atoms with van der Waals surface area (Å²) in [5, 5.41) is 2.34. The average molecular weight is 358 g/mol.